The number of aliphatic hydroxyl groups is 1. The van der Waals surface area contributed by atoms with Crippen LogP contribution in [0.3, 0.4) is 0 Å². The highest BCUT2D eigenvalue weighted by molar-refractivity contribution is 4.94. The first-order chi connectivity index (χ1) is 10.0. The first-order valence-electron chi connectivity index (χ1n) is 9.06. The van der Waals surface area contributed by atoms with E-state index in [4.69, 9.17) is 10.8 Å². The quantitative estimate of drug-likeness (QED) is 0.792. The molecule has 0 spiro atoms. The van der Waals surface area contributed by atoms with E-state index in [1.807, 2.05) is 0 Å². The Balaban J connectivity index is 2.00. The van der Waals surface area contributed by atoms with E-state index in [1.165, 1.54) is 45.2 Å². The normalized spacial score (nSPS) is 35.3. The third kappa shape index (κ3) is 4.00. The molecule has 0 amide bonds. The summed E-state index contributed by atoms with van der Waals surface area (Å²) in [4.78, 5) is 2.70. The van der Waals surface area contributed by atoms with E-state index in [0.29, 0.717) is 29.9 Å². The van der Waals surface area contributed by atoms with Crippen LogP contribution in [-0.2, 0) is 0 Å². The number of likely N-dealkylation sites (tertiary alicyclic amines) is 1. The lowest BCUT2D eigenvalue weighted by atomic mass is 9.65. The van der Waals surface area contributed by atoms with Gasteiger partial charge in [-0.05, 0) is 68.4 Å². The van der Waals surface area contributed by atoms with Gasteiger partial charge >= 0.3 is 0 Å². The molecule has 3 heteroatoms. The van der Waals surface area contributed by atoms with Crippen molar-refractivity contribution in [3.8, 4) is 0 Å². The lowest BCUT2D eigenvalue weighted by Gasteiger charge is -2.46. The van der Waals surface area contributed by atoms with Crippen LogP contribution in [0.4, 0.5) is 0 Å². The highest BCUT2D eigenvalue weighted by Crippen LogP contribution is 2.44. The summed E-state index contributed by atoms with van der Waals surface area (Å²) in [5.74, 6) is 2.22. The Hall–Kier alpha value is -0.120. The molecule has 1 saturated carbocycles. The Morgan fingerprint density at radius 1 is 1.24 bits per heavy atom. The van der Waals surface area contributed by atoms with Crippen molar-refractivity contribution in [3.05, 3.63) is 0 Å². The first kappa shape index (κ1) is 17.2. The van der Waals surface area contributed by atoms with Crippen molar-refractivity contribution in [1.29, 1.82) is 0 Å². The van der Waals surface area contributed by atoms with Crippen molar-refractivity contribution >= 4 is 0 Å². The van der Waals surface area contributed by atoms with Gasteiger partial charge in [0.05, 0.1) is 0 Å². The molecular weight excluding hydrogens is 260 g/mol. The van der Waals surface area contributed by atoms with Crippen LogP contribution in [0.15, 0.2) is 0 Å². The maximum absolute atomic E-state index is 9.16. The lowest BCUT2D eigenvalue weighted by Crippen LogP contribution is -2.48. The van der Waals surface area contributed by atoms with Gasteiger partial charge in [0.15, 0.2) is 0 Å². The van der Waals surface area contributed by atoms with Crippen LogP contribution in [-0.4, -0.2) is 42.3 Å². The molecule has 4 unspecified atom stereocenters. The summed E-state index contributed by atoms with van der Waals surface area (Å²) in [5, 5.41) is 9.16. The van der Waals surface area contributed by atoms with Gasteiger partial charge in [-0.3, -0.25) is 4.90 Å². The zero-order chi connectivity index (χ0) is 15.5. The van der Waals surface area contributed by atoms with Crippen molar-refractivity contribution in [1.82, 2.24) is 4.90 Å². The van der Waals surface area contributed by atoms with Crippen molar-refractivity contribution in [2.75, 3.05) is 26.2 Å². The monoisotopic (exact) mass is 296 g/mol. The minimum atomic E-state index is 0.342. The van der Waals surface area contributed by atoms with Gasteiger partial charge < -0.3 is 10.8 Å². The van der Waals surface area contributed by atoms with Crippen LogP contribution in [0, 0.1) is 23.2 Å². The predicted octanol–water partition coefficient (Wildman–Crippen LogP) is 2.87. The molecule has 4 atom stereocenters. The summed E-state index contributed by atoms with van der Waals surface area (Å²) in [5.41, 5.74) is 6.54. The fraction of sp³-hybridized carbons (Fsp3) is 1.00. The van der Waals surface area contributed by atoms with E-state index in [1.54, 1.807) is 0 Å². The minimum Gasteiger partial charge on any atom is -0.396 e. The summed E-state index contributed by atoms with van der Waals surface area (Å²) >= 11 is 0. The summed E-state index contributed by atoms with van der Waals surface area (Å²) in [7, 11) is 0. The molecule has 1 heterocycles. The highest BCUT2D eigenvalue weighted by atomic mass is 16.3. The van der Waals surface area contributed by atoms with Gasteiger partial charge in [0.2, 0.25) is 0 Å². The molecule has 3 nitrogen and oxygen atoms in total. The predicted molar refractivity (Wildman–Crippen MR) is 89.1 cm³/mol. The fourth-order valence-corrected chi connectivity index (χ4v) is 4.51. The van der Waals surface area contributed by atoms with Gasteiger partial charge in [0.1, 0.15) is 0 Å². The lowest BCUT2D eigenvalue weighted by molar-refractivity contribution is 0.0468. The Bertz CT molecular complexity index is 318. The van der Waals surface area contributed by atoms with Gasteiger partial charge in [-0.1, -0.05) is 27.2 Å². The molecule has 0 aromatic rings. The van der Waals surface area contributed by atoms with E-state index < -0.39 is 0 Å². The Morgan fingerprint density at radius 3 is 2.62 bits per heavy atom. The fourth-order valence-electron chi connectivity index (χ4n) is 4.51. The van der Waals surface area contributed by atoms with E-state index in [0.717, 1.165) is 18.9 Å². The van der Waals surface area contributed by atoms with Gasteiger partial charge in [0, 0.05) is 19.2 Å². The molecule has 124 valence electrons. The zero-order valence-electron chi connectivity index (χ0n) is 14.4. The van der Waals surface area contributed by atoms with Crippen LogP contribution >= 0.6 is 0 Å². The Kier molecular flexibility index (Phi) is 6.10. The van der Waals surface area contributed by atoms with Crippen molar-refractivity contribution in [2.24, 2.45) is 28.9 Å². The topological polar surface area (TPSA) is 49.5 Å². The van der Waals surface area contributed by atoms with Gasteiger partial charge in [0.25, 0.3) is 0 Å². The maximum atomic E-state index is 9.16. The van der Waals surface area contributed by atoms with E-state index in [-0.39, 0.29) is 0 Å². The number of nitrogens with two attached hydrogens (primary N) is 1. The molecule has 2 rings (SSSR count). The Morgan fingerprint density at radius 2 is 2.00 bits per heavy atom. The molecular formula is C18H36N2O. The van der Waals surface area contributed by atoms with E-state index in [9.17, 15) is 0 Å². The third-order valence-corrected chi connectivity index (χ3v) is 6.60. The number of aliphatic hydroxyl groups excluding tert-OH is 1. The average molecular weight is 296 g/mol. The number of nitrogens with zero attached hydrogens (tertiary/aromatic N) is 1. The van der Waals surface area contributed by atoms with Crippen LogP contribution < -0.4 is 5.73 Å². The molecule has 21 heavy (non-hydrogen) atoms. The van der Waals surface area contributed by atoms with Crippen molar-refractivity contribution in [3.63, 3.8) is 0 Å². The summed E-state index contributed by atoms with van der Waals surface area (Å²) < 4.78 is 0. The summed E-state index contributed by atoms with van der Waals surface area (Å²) in [6.07, 6.45) is 7.49. The standard InChI is InChI=1S/C18H36N2O/c1-4-18(2,3)16-6-5-15(12-19)17(11-16)20-9-7-14(13-20)8-10-21/h14-17,21H,4-13,19H2,1-3H3. The number of rotatable bonds is 6. The van der Waals surface area contributed by atoms with Gasteiger partial charge in [-0.15, -0.1) is 0 Å². The molecule has 0 aromatic carbocycles. The summed E-state index contributed by atoms with van der Waals surface area (Å²) in [6, 6.07) is 0.684. The average Bonchev–Trinajstić information content (AvgIpc) is 2.95. The van der Waals surface area contributed by atoms with E-state index >= 15 is 0 Å². The maximum Gasteiger partial charge on any atom is 0.0434 e. The summed E-state index contributed by atoms with van der Waals surface area (Å²) in [6.45, 7) is 10.8. The third-order valence-electron chi connectivity index (χ3n) is 6.60. The van der Waals surface area contributed by atoms with Crippen LogP contribution in [0.2, 0.25) is 0 Å². The molecule has 1 aliphatic heterocycles. The minimum absolute atomic E-state index is 0.342. The second-order valence-corrected chi connectivity index (χ2v) is 8.08. The largest absolute Gasteiger partial charge is 0.396 e. The molecule has 2 fully saturated rings. The Labute approximate surface area is 131 Å². The van der Waals surface area contributed by atoms with Gasteiger partial charge in [-0.2, -0.15) is 0 Å². The molecule has 1 saturated heterocycles. The molecule has 1 aliphatic carbocycles. The zero-order valence-corrected chi connectivity index (χ0v) is 14.4. The first-order valence-corrected chi connectivity index (χ1v) is 9.06. The van der Waals surface area contributed by atoms with Crippen LogP contribution in [0.25, 0.3) is 0 Å². The smallest absolute Gasteiger partial charge is 0.0434 e. The van der Waals surface area contributed by atoms with E-state index in [2.05, 4.69) is 25.7 Å². The number of hydrogen-bond acceptors (Lipinski definition) is 3. The van der Waals surface area contributed by atoms with Crippen LogP contribution in [0.1, 0.15) is 59.3 Å². The van der Waals surface area contributed by atoms with Crippen LogP contribution in [0.5, 0.6) is 0 Å². The van der Waals surface area contributed by atoms with Crippen molar-refractivity contribution in [2.45, 2.75) is 65.3 Å². The number of hydrogen-bond donors (Lipinski definition) is 2. The molecule has 3 N–H and O–H groups in total. The molecule has 2 aliphatic rings. The molecule has 0 aromatic heterocycles. The van der Waals surface area contributed by atoms with Crippen molar-refractivity contribution < 1.29 is 5.11 Å². The highest BCUT2D eigenvalue weighted by Gasteiger charge is 2.40. The van der Waals surface area contributed by atoms with Gasteiger partial charge in [-0.25, -0.2) is 0 Å². The molecule has 0 bridgehead atoms. The second kappa shape index (κ2) is 7.43. The molecule has 0 radical (unpaired) electrons. The second-order valence-electron chi connectivity index (χ2n) is 8.08. The SMILES string of the molecule is CCC(C)(C)C1CCC(CN)C(N2CCC(CCO)C2)C1.